The fourth-order valence-corrected chi connectivity index (χ4v) is 13.0. The Balaban J connectivity index is 1.78. The molecular formula is C17H28P2+2. The summed E-state index contributed by atoms with van der Waals surface area (Å²) in [5.74, 6) is 0. The van der Waals surface area contributed by atoms with Gasteiger partial charge in [0, 0.05) is 40.5 Å². The third-order valence-electron chi connectivity index (χ3n) is 5.35. The molecular weight excluding hydrogens is 266 g/mol. The molecule has 0 aromatic heterocycles. The van der Waals surface area contributed by atoms with Crippen LogP contribution in [0.3, 0.4) is 0 Å². The Morgan fingerprint density at radius 1 is 0.789 bits per heavy atom. The maximum Gasteiger partial charge on any atom is 0.0843 e. The lowest BCUT2D eigenvalue weighted by Crippen LogP contribution is -2.23. The van der Waals surface area contributed by atoms with Crippen LogP contribution in [-0.2, 0) is 6.16 Å². The molecule has 1 aromatic rings. The summed E-state index contributed by atoms with van der Waals surface area (Å²) in [5.41, 5.74) is 1.62. The van der Waals surface area contributed by atoms with Crippen LogP contribution in [0.5, 0.6) is 0 Å². The smallest absolute Gasteiger partial charge is 0.0622 e. The Bertz CT molecular complexity index is 383. The molecule has 0 spiro atoms. The van der Waals surface area contributed by atoms with Gasteiger partial charge in [-0.15, -0.1) is 0 Å². The van der Waals surface area contributed by atoms with Crippen molar-refractivity contribution in [2.24, 2.45) is 0 Å². The molecule has 104 valence electrons. The SMILES string of the molecule is C[P+]12CCC[P+](Cc3ccccc3)(CCC1)CCC2. The first kappa shape index (κ1) is 14.0. The van der Waals surface area contributed by atoms with E-state index in [1.165, 1.54) is 6.16 Å². The number of hydrogen-bond donors (Lipinski definition) is 0. The molecule has 4 rings (SSSR count). The van der Waals surface area contributed by atoms with Crippen molar-refractivity contribution in [3.63, 3.8) is 0 Å². The summed E-state index contributed by atoms with van der Waals surface area (Å²) in [6.07, 6.45) is 15.8. The fourth-order valence-electron chi connectivity index (χ4n) is 4.24. The highest BCUT2D eigenvalue weighted by Crippen LogP contribution is 2.70. The minimum Gasteiger partial charge on any atom is -0.0622 e. The third-order valence-corrected chi connectivity index (χ3v) is 14.4. The van der Waals surface area contributed by atoms with Gasteiger partial charge in [0.1, 0.15) is 0 Å². The van der Waals surface area contributed by atoms with Crippen LogP contribution in [0.4, 0.5) is 0 Å². The van der Waals surface area contributed by atoms with Crippen LogP contribution < -0.4 is 0 Å². The van der Waals surface area contributed by atoms with E-state index in [4.69, 9.17) is 0 Å². The highest BCUT2D eigenvalue weighted by Gasteiger charge is 2.45. The van der Waals surface area contributed by atoms with Gasteiger partial charge in [-0.3, -0.25) is 0 Å². The minimum absolute atomic E-state index is 0.491. The molecule has 3 aliphatic heterocycles. The molecule has 0 nitrogen and oxygen atoms in total. The first-order valence-corrected chi connectivity index (χ1v) is 13.2. The Kier molecular flexibility index (Phi) is 4.31. The Morgan fingerprint density at radius 3 is 1.84 bits per heavy atom. The molecule has 0 radical (unpaired) electrons. The second-order valence-corrected chi connectivity index (χ2v) is 15.9. The molecule has 0 amide bonds. The van der Waals surface area contributed by atoms with E-state index in [1.807, 2.05) is 0 Å². The quantitative estimate of drug-likeness (QED) is 0.670. The van der Waals surface area contributed by atoms with Gasteiger partial charge < -0.3 is 0 Å². The number of benzene rings is 1. The van der Waals surface area contributed by atoms with Crippen LogP contribution in [0.1, 0.15) is 24.8 Å². The summed E-state index contributed by atoms with van der Waals surface area (Å²) in [6.45, 7) is 2.67. The van der Waals surface area contributed by atoms with E-state index in [2.05, 4.69) is 37.0 Å². The van der Waals surface area contributed by atoms with Gasteiger partial charge in [0.15, 0.2) is 0 Å². The van der Waals surface area contributed by atoms with E-state index in [0.29, 0.717) is 0 Å². The van der Waals surface area contributed by atoms with Crippen LogP contribution in [0.15, 0.2) is 30.3 Å². The average molecular weight is 294 g/mol. The summed E-state index contributed by atoms with van der Waals surface area (Å²) in [4.78, 5) is 0. The van der Waals surface area contributed by atoms with Crippen molar-refractivity contribution in [3.05, 3.63) is 35.9 Å². The second kappa shape index (κ2) is 5.83. The predicted molar refractivity (Wildman–Crippen MR) is 93.0 cm³/mol. The summed E-state index contributed by atoms with van der Waals surface area (Å²) in [5, 5.41) is 0. The summed E-state index contributed by atoms with van der Waals surface area (Å²) < 4.78 is 0. The molecule has 3 aliphatic rings. The molecule has 2 heteroatoms. The van der Waals surface area contributed by atoms with Crippen molar-refractivity contribution in [2.75, 3.05) is 43.6 Å². The minimum atomic E-state index is -0.657. The second-order valence-electron chi connectivity index (χ2n) is 7.01. The zero-order valence-electron chi connectivity index (χ0n) is 12.4. The Hall–Kier alpha value is 0.0800. The summed E-state index contributed by atoms with van der Waals surface area (Å²) >= 11 is 0. The highest BCUT2D eigenvalue weighted by molar-refractivity contribution is 7.77. The maximum atomic E-state index is 2.67. The van der Waals surface area contributed by atoms with E-state index in [0.717, 1.165) is 0 Å². The van der Waals surface area contributed by atoms with Gasteiger partial charge >= 0.3 is 0 Å². The lowest BCUT2D eigenvalue weighted by atomic mass is 10.2. The average Bonchev–Trinajstić information content (AvgIpc) is 2.35. The zero-order valence-corrected chi connectivity index (χ0v) is 14.1. The van der Waals surface area contributed by atoms with Crippen molar-refractivity contribution in [3.8, 4) is 0 Å². The van der Waals surface area contributed by atoms with E-state index in [-0.39, 0.29) is 0 Å². The molecule has 3 saturated heterocycles. The topological polar surface area (TPSA) is 0 Å². The van der Waals surface area contributed by atoms with Crippen LogP contribution >= 0.6 is 14.5 Å². The molecule has 19 heavy (non-hydrogen) atoms. The first-order chi connectivity index (χ1) is 9.20. The van der Waals surface area contributed by atoms with Crippen molar-refractivity contribution >= 4 is 14.5 Å². The molecule has 0 saturated carbocycles. The standard InChI is InChI=1S/C17H28P2/c1-18-10-5-13-19(14-6-11-18,15-7-12-18)16-17-8-3-2-4-9-17/h2-4,8-9H,5-7,10-16H2,1H3/q+2. The summed E-state index contributed by atoms with van der Waals surface area (Å²) in [7, 11) is -1.15. The van der Waals surface area contributed by atoms with Gasteiger partial charge in [0.05, 0.1) is 43.1 Å². The lowest BCUT2D eigenvalue weighted by molar-refractivity contribution is 0.920. The molecule has 0 N–H and O–H groups in total. The molecule has 3 heterocycles. The van der Waals surface area contributed by atoms with Crippen LogP contribution in [-0.4, -0.2) is 43.6 Å². The van der Waals surface area contributed by atoms with Crippen LogP contribution in [0.2, 0.25) is 0 Å². The van der Waals surface area contributed by atoms with Crippen molar-refractivity contribution in [1.82, 2.24) is 0 Å². The van der Waals surface area contributed by atoms with Gasteiger partial charge in [0.25, 0.3) is 0 Å². The summed E-state index contributed by atoms with van der Waals surface area (Å²) in [6, 6.07) is 11.3. The van der Waals surface area contributed by atoms with Crippen molar-refractivity contribution in [1.29, 1.82) is 0 Å². The Labute approximate surface area is 120 Å². The third kappa shape index (κ3) is 3.40. The number of hydrogen-bond acceptors (Lipinski definition) is 0. The monoisotopic (exact) mass is 294 g/mol. The van der Waals surface area contributed by atoms with Crippen molar-refractivity contribution < 1.29 is 0 Å². The van der Waals surface area contributed by atoms with Gasteiger partial charge in [-0.05, 0) is 5.56 Å². The molecule has 2 bridgehead atoms. The Morgan fingerprint density at radius 2 is 1.32 bits per heavy atom. The van der Waals surface area contributed by atoms with Gasteiger partial charge in [-0.1, -0.05) is 30.3 Å². The molecule has 1 aromatic carbocycles. The molecule has 3 fully saturated rings. The van der Waals surface area contributed by atoms with Gasteiger partial charge in [0.2, 0.25) is 0 Å². The first-order valence-electron chi connectivity index (χ1n) is 7.93. The zero-order chi connectivity index (χ0) is 13.2. The van der Waals surface area contributed by atoms with Crippen molar-refractivity contribution in [2.45, 2.75) is 25.4 Å². The predicted octanol–water partition coefficient (Wildman–Crippen LogP) is 5.05. The molecule has 0 unspecified atom stereocenters. The number of rotatable bonds is 2. The van der Waals surface area contributed by atoms with Gasteiger partial charge in [-0.25, -0.2) is 0 Å². The molecule has 0 aliphatic carbocycles. The normalized spacial score (nSPS) is 35.4. The van der Waals surface area contributed by atoms with E-state index in [1.54, 1.807) is 61.8 Å². The van der Waals surface area contributed by atoms with E-state index >= 15 is 0 Å². The molecule has 0 atom stereocenters. The fraction of sp³-hybridized carbons (Fsp3) is 0.647. The van der Waals surface area contributed by atoms with Gasteiger partial charge in [-0.2, -0.15) is 0 Å². The van der Waals surface area contributed by atoms with E-state index < -0.39 is 14.5 Å². The number of fused-ring (bicyclic) bond motifs is 6. The van der Waals surface area contributed by atoms with Crippen LogP contribution in [0.25, 0.3) is 0 Å². The lowest BCUT2D eigenvalue weighted by Gasteiger charge is -2.36. The largest absolute Gasteiger partial charge is 0.0843 e. The van der Waals surface area contributed by atoms with Crippen LogP contribution in [0, 0.1) is 0 Å². The van der Waals surface area contributed by atoms with E-state index in [9.17, 15) is 0 Å². The maximum absolute atomic E-state index is 2.67. The highest BCUT2D eigenvalue weighted by atomic mass is 31.2.